The standard InChI is InChI=1S/C13H13BrClN3O2S/c1-2-18(10-3-5-17-6-4-10)21(19,20)12-8-9(15)7-11(16)13(12)14/h3-8H,2,16H2,1H3. The third-order valence-corrected chi connectivity index (χ3v) is 6.13. The van der Waals surface area contributed by atoms with Gasteiger partial charge in [0.15, 0.2) is 0 Å². The van der Waals surface area contributed by atoms with Crippen molar-refractivity contribution in [2.24, 2.45) is 0 Å². The highest BCUT2D eigenvalue weighted by atomic mass is 79.9. The summed E-state index contributed by atoms with van der Waals surface area (Å²) in [6.45, 7) is 2.02. The molecule has 0 aliphatic heterocycles. The molecule has 1 aromatic carbocycles. The molecule has 2 rings (SSSR count). The Morgan fingerprint density at radius 3 is 2.52 bits per heavy atom. The molecule has 1 heterocycles. The maximum absolute atomic E-state index is 12.9. The van der Waals surface area contributed by atoms with Crippen LogP contribution in [-0.4, -0.2) is 19.9 Å². The van der Waals surface area contributed by atoms with Crippen molar-refractivity contribution >= 4 is 48.9 Å². The van der Waals surface area contributed by atoms with Crippen LogP contribution < -0.4 is 10.0 Å². The number of sulfonamides is 1. The van der Waals surface area contributed by atoms with Crippen molar-refractivity contribution in [3.8, 4) is 0 Å². The van der Waals surface area contributed by atoms with Gasteiger partial charge in [-0.1, -0.05) is 11.6 Å². The van der Waals surface area contributed by atoms with Crippen LogP contribution in [0, 0.1) is 0 Å². The van der Waals surface area contributed by atoms with E-state index in [1.54, 1.807) is 19.1 Å². The Hall–Kier alpha value is -1.31. The summed E-state index contributed by atoms with van der Waals surface area (Å²) in [5, 5.41) is 0.264. The molecule has 0 spiro atoms. The molecule has 2 N–H and O–H groups in total. The van der Waals surface area contributed by atoms with Crippen LogP contribution in [0.5, 0.6) is 0 Å². The SMILES string of the molecule is CCN(c1ccncc1)S(=O)(=O)c1cc(Cl)cc(N)c1Br. The highest BCUT2D eigenvalue weighted by Gasteiger charge is 2.27. The van der Waals surface area contributed by atoms with Crippen molar-refractivity contribution in [2.75, 3.05) is 16.6 Å². The van der Waals surface area contributed by atoms with Gasteiger partial charge in [-0.3, -0.25) is 9.29 Å². The number of nitrogen functional groups attached to an aromatic ring is 1. The van der Waals surface area contributed by atoms with Crippen LogP contribution in [0.15, 0.2) is 46.0 Å². The molecule has 0 saturated heterocycles. The lowest BCUT2D eigenvalue weighted by Crippen LogP contribution is -2.31. The molecule has 0 atom stereocenters. The van der Waals surface area contributed by atoms with E-state index in [9.17, 15) is 8.42 Å². The van der Waals surface area contributed by atoms with E-state index >= 15 is 0 Å². The van der Waals surface area contributed by atoms with E-state index in [1.165, 1.54) is 28.8 Å². The minimum Gasteiger partial charge on any atom is -0.398 e. The lowest BCUT2D eigenvalue weighted by molar-refractivity contribution is 0.591. The third-order valence-electron chi connectivity index (χ3n) is 2.84. The lowest BCUT2D eigenvalue weighted by Gasteiger charge is -2.23. The van der Waals surface area contributed by atoms with Gasteiger partial charge in [0.2, 0.25) is 0 Å². The molecule has 2 aromatic rings. The first-order chi connectivity index (χ1) is 9.87. The molecule has 0 fully saturated rings. The number of hydrogen-bond donors (Lipinski definition) is 1. The molecule has 21 heavy (non-hydrogen) atoms. The first-order valence-electron chi connectivity index (χ1n) is 6.05. The number of nitrogens with two attached hydrogens (primary N) is 1. The van der Waals surface area contributed by atoms with E-state index in [4.69, 9.17) is 17.3 Å². The molecule has 5 nitrogen and oxygen atoms in total. The van der Waals surface area contributed by atoms with Gasteiger partial charge in [0, 0.05) is 29.6 Å². The van der Waals surface area contributed by atoms with Gasteiger partial charge in [0.05, 0.1) is 10.2 Å². The van der Waals surface area contributed by atoms with Crippen molar-refractivity contribution in [3.63, 3.8) is 0 Å². The van der Waals surface area contributed by atoms with Gasteiger partial charge < -0.3 is 5.73 Å². The number of halogens is 2. The predicted molar refractivity (Wildman–Crippen MR) is 88.0 cm³/mol. The van der Waals surface area contributed by atoms with Crippen LogP contribution in [0.4, 0.5) is 11.4 Å². The van der Waals surface area contributed by atoms with Crippen molar-refractivity contribution in [3.05, 3.63) is 46.2 Å². The summed E-state index contributed by atoms with van der Waals surface area (Å²) in [5.41, 5.74) is 6.57. The molecule has 0 bridgehead atoms. The van der Waals surface area contributed by atoms with Crippen LogP contribution in [-0.2, 0) is 10.0 Å². The summed E-state index contributed by atoms with van der Waals surface area (Å²) in [4.78, 5) is 3.92. The van der Waals surface area contributed by atoms with Crippen LogP contribution in [0.25, 0.3) is 0 Å². The highest BCUT2D eigenvalue weighted by Crippen LogP contribution is 2.34. The molecule has 1 aromatic heterocycles. The Morgan fingerprint density at radius 2 is 1.95 bits per heavy atom. The second kappa shape index (κ2) is 6.21. The number of nitrogens with zero attached hydrogens (tertiary/aromatic N) is 2. The number of pyridine rings is 1. The fourth-order valence-electron chi connectivity index (χ4n) is 1.89. The van der Waals surface area contributed by atoms with Gasteiger partial charge in [0.25, 0.3) is 10.0 Å². The molecule has 0 aliphatic rings. The van der Waals surface area contributed by atoms with Crippen LogP contribution in [0.3, 0.4) is 0 Å². The highest BCUT2D eigenvalue weighted by molar-refractivity contribution is 9.10. The van der Waals surface area contributed by atoms with Crippen LogP contribution >= 0.6 is 27.5 Å². The molecule has 0 radical (unpaired) electrons. The average molecular weight is 391 g/mol. The molecule has 0 unspecified atom stereocenters. The molecule has 0 aliphatic carbocycles. The number of aromatic nitrogens is 1. The van der Waals surface area contributed by atoms with Crippen LogP contribution in [0.1, 0.15) is 6.92 Å². The van der Waals surface area contributed by atoms with E-state index in [0.717, 1.165) is 0 Å². The van der Waals surface area contributed by atoms with Crippen molar-refractivity contribution in [2.45, 2.75) is 11.8 Å². The Morgan fingerprint density at radius 1 is 1.33 bits per heavy atom. The summed E-state index contributed by atoms with van der Waals surface area (Å²) in [6, 6.07) is 6.13. The summed E-state index contributed by atoms with van der Waals surface area (Å²) in [5.74, 6) is 0. The molecule has 112 valence electrons. The van der Waals surface area contributed by atoms with Gasteiger partial charge >= 0.3 is 0 Å². The zero-order valence-electron chi connectivity index (χ0n) is 11.1. The summed E-state index contributed by atoms with van der Waals surface area (Å²) >= 11 is 9.15. The largest absolute Gasteiger partial charge is 0.398 e. The van der Waals surface area contributed by atoms with Crippen molar-refractivity contribution in [1.82, 2.24) is 4.98 Å². The zero-order valence-corrected chi connectivity index (χ0v) is 14.3. The smallest absolute Gasteiger partial charge is 0.265 e. The van der Waals surface area contributed by atoms with E-state index in [2.05, 4.69) is 20.9 Å². The molecule has 8 heteroatoms. The third kappa shape index (κ3) is 3.14. The Labute approximate surface area is 136 Å². The van der Waals surface area contributed by atoms with E-state index in [0.29, 0.717) is 10.2 Å². The lowest BCUT2D eigenvalue weighted by atomic mass is 10.3. The molecular weight excluding hydrogens is 378 g/mol. The topological polar surface area (TPSA) is 76.3 Å². The van der Waals surface area contributed by atoms with Gasteiger partial charge in [0.1, 0.15) is 4.90 Å². The van der Waals surface area contributed by atoms with Crippen molar-refractivity contribution < 1.29 is 8.42 Å². The number of hydrogen-bond acceptors (Lipinski definition) is 4. The fraction of sp³-hybridized carbons (Fsp3) is 0.154. The van der Waals surface area contributed by atoms with Crippen LogP contribution in [0.2, 0.25) is 5.02 Å². The fourth-order valence-corrected chi connectivity index (χ4v) is 4.62. The van der Waals surface area contributed by atoms with Crippen molar-refractivity contribution in [1.29, 1.82) is 0 Å². The Balaban J connectivity index is 2.61. The first kappa shape index (κ1) is 16.1. The molecule has 0 amide bonds. The second-order valence-electron chi connectivity index (χ2n) is 4.18. The Bertz CT molecular complexity index is 754. The van der Waals surface area contributed by atoms with E-state index < -0.39 is 10.0 Å². The minimum absolute atomic E-state index is 0.0335. The van der Waals surface area contributed by atoms with Gasteiger partial charge in [-0.25, -0.2) is 8.42 Å². The summed E-state index contributed by atoms with van der Waals surface area (Å²) in [6.07, 6.45) is 3.07. The van der Waals surface area contributed by atoms with Gasteiger partial charge in [-0.2, -0.15) is 0 Å². The minimum atomic E-state index is -3.79. The maximum Gasteiger partial charge on any atom is 0.265 e. The van der Waals surface area contributed by atoms with E-state index in [-0.39, 0.29) is 22.2 Å². The predicted octanol–water partition coefficient (Wildman–Crippen LogP) is 3.29. The van der Waals surface area contributed by atoms with E-state index in [1.807, 2.05) is 0 Å². The first-order valence-corrected chi connectivity index (χ1v) is 8.66. The number of anilines is 2. The summed E-state index contributed by atoms with van der Waals surface area (Å²) < 4.78 is 27.3. The molecule has 0 saturated carbocycles. The maximum atomic E-state index is 12.9. The van der Waals surface area contributed by atoms with Gasteiger partial charge in [-0.15, -0.1) is 0 Å². The number of benzene rings is 1. The normalized spacial score (nSPS) is 11.4. The molecular formula is C13H13BrClN3O2S. The number of rotatable bonds is 4. The quantitative estimate of drug-likeness (QED) is 0.813. The zero-order chi connectivity index (χ0) is 15.6. The second-order valence-corrected chi connectivity index (χ2v) is 7.24. The monoisotopic (exact) mass is 389 g/mol. The summed E-state index contributed by atoms with van der Waals surface area (Å²) in [7, 11) is -3.79. The average Bonchev–Trinajstić information content (AvgIpc) is 2.44. The Kier molecular flexibility index (Phi) is 4.75. The van der Waals surface area contributed by atoms with Gasteiger partial charge in [-0.05, 0) is 47.1 Å².